The lowest BCUT2D eigenvalue weighted by molar-refractivity contribution is 0.483. The van der Waals surface area contributed by atoms with Crippen LogP contribution in [0.3, 0.4) is 0 Å². The normalized spacial score (nSPS) is 10.6. The van der Waals surface area contributed by atoms with Crippen molar-refractivity contribution in [3.05, 3.63) is 103 Å². The molecule has 0 bridgehead atoms. The average Bonchev–Trinajstić information content (AvgIpc) is 2.80. The molecule has 5 heteroatoms. The van der Waals surface area contributed by atoms with Crippen LogP contribution < -0.4 is 21.1 Å². The van der Waals surface area contributed by atoms with Gasteiger partial charge in [0.1, 0.15) is 11.5 Å². The molecule has 152 valence electrons. The Balaban J connectivity index is 1.44. The summed E-state index contributed by atoms with van der Waals surface area (Å²) < 4.78 is 5.86. The van der Waals surface area contributed by atoms with Gasteiger partial charge in [0.15, 0.2) is 0 Å². The first-order valence-corrected chi connectivity index (χ1v) is 10.4. The number of hydrogen-bond donors (Lipinski definition) is 2. The van der Waals surface area contributed by atoms with Gasteiger partial charge in [-0.25, -0.2) is 0 Å². The fourth-order valence-corrected chi connectivity index (χ4v) is 3.46. The monoisotopic (exact) mass is 406 g/mol. The zero-order valence-electron chi connectivity index (χ0n) is 17.7. The largest absolute Gasteiger partial charge is 0.457 e. The molecule has 0 amide bonds. The Kier molecular flexibility index (Phi) is 6.26. The molecule has 0 spiro atoms. The molecule has 0 atom stereocenters. The number of hydrogen-bond acceptors (Lipinski definition) is 3. The van der Waals surface area contributed by atoms with Crippen molar-refractivity contribution >= 4 is 30.2 Å². The average molecular weight is 406 g/mol. The molecule has 4 aromatic carbocycles. The zero-order chi connectivity index (χ0) is 21.8. The lowest BCUT2D eigenvalue weighted by atomic mass is 9.56. The molecular weight excluding hydrogens is 382 g/mol. The molecule has 0 unspecified atom stereocenters. The van der Waals surface area contributed by atoms with Crippen LogP contribution in [0.4, 0.5) is 0 Å². The third-order valence-corrected chi connectivity index (χ3v) is 5.41. The van der Waals surface area contributed by atoms with Gasteiger partial charge in [0.25, 0.3) is 0 Å². The van der Waals surface area contributed by atoms with Gasteiger partial charge in [-0.3, -0.25) is 0 Å². The summed E-state index contributed by atoms with van der Waals surface area (Å²) in [7, 11) is 0. The highest BCUT2D eigenvalue weighted by molar-refractivity contribution is 6.78. The van der Waals surface area contributed by atoms with Gasteiger partial charge in [-0.05, 0) is 58.7 Å². The van der Waals surface area contributed by atoms with E-state index >= 15 is 0 Å². The van der Waals surface area contributed by atoms with Gasteiger partial charge in [0.05, 0.1) is 0 Å². The molecule has 31 heavy (non-hydrogen) atoms. The first-order valence-electron chi connectivity index (χ1n) is 10.4. The fourth-order valence-electron chi connectivity index (χ4n) is 3.46. The van der Waals surface area contributed by atoms with Crippen molar-refractivity contribution in [2.24, 2.45) is 0 Å². The summed E-state index contributed by atoms with van der Waals surface area (Å²) in [6.45, 7) is 2.61. The van der Waals surface area contributed by atoms with E-state index in [1.54, 1.807) is 6.82 Å². The van der Waals surface area contributed by atoms with E-state index < -0.39 is 13.8 Å². The molecule has 0 fully saturated rings. The SMILES string of the molecule is CB(O)c1ccc(Oc2ccc(B(O)c3ccc(-c4ccc(C)cc4)cc3)cc2)cc1. The lowest BCUT2D eigenvalue weighted by Crippen LogP contribution is -2.42. The second kappa shape index (κ2) is 9.25. The van der Waals surface area contributed by atoms with Crippen LogP contribution in [-0.4, -0.2) is 23.9 Å². The standard InChI is InChI=1S/C26H24B2O3/c1-19-3-5-20(6-4-19)21-7-9-23(10-8-21)28(30)24-13-17-26(18-14-24)31-25-15-11-22(12-16-25)27(2)29/h3-18,29-30H,1-2H3. The van der Waals surface area contributed by atoms with Crippen molar-refractivity contribution < 1.29 is 14.8 Å². The van der Waals surface area contributed by atoms with Gasteiger partial charge >= 0.3 is 13.8 Å². The summed E-state index contributed by atoms with van der Waals surface area (Å²) in [6, 6.07) is 31.2. The highest BCUT2D eigenvalue weighted by Crippen LogP contribution is 2.20. The van der Waals surface area contributed by atoms with Crippen molar-refractivity contribution in [1.82, 2.24) is 0 Å². The molecule has 4 rings (SSSR count). The maximum absolute atomic E-state index is 10.8. The second-order valence-electron chi connectivity index (χ2n) is 7.81. The Bertz CT molecular complexity index is 1120. The maximum Gasteiger partial charge on any atom is 0.358 e. The Labute approximate surface area is 184 Å². The smallest absolute Gasteiger partial charge is 0.358 e. The van der Waals surface area contributed by atoms with Crippen LogP contribution in [0, 0.1) is 6.92 Å². The molecule has 4 aromatic rings. The molecule has 0 aromatic heterocycles. The van der Waals surface area contributed by atoms with E-state index in [0.717, 1.165) is 27.5 Å². The Morgan fingerprint density at radius 1 is 0.548 bits per heavy atom. The fraction of sp³-hybridized carbons (Fsp3) is 0.0769. The summed E-state index contributed by atoms with van der Waals surface area (Å²) in [5.41, 5.74) is 6.02. The van der Waals surface area contributed by atoms with Gasteiger partial charge in [-0.15, -0.1) is 0 Å². The highest BCUT2D eigenvalue weighted by atomic mass is 16.5. The van der Waals surface area contributed by atoms with Gasteiger partial charge in [0.2, 0.25) is 0 Å². The summed E-state index contributed by atoms with van der Waals surface area (Å²) in [4.78, 5) is 0. The summed E-state index contributed by atoms with van der Waals surface area (Å²) >= 11 is 0. The Morgan fingerprint density at radius 3 is 1.39 bits per heavy atom. The highest BCUT2D eigenvalue weighted by Gasteiger charge is 2.17. The molecule has 3 nitrogen and oxygen atoms in total. The first kappa shape index (κ1) is 21.0. The predicted molar refractivity (Wildman–Crippen MR) is 130 cm³/mol. The van der Waals surface area contributed by atoms with Crippen LogP contribution in [0.1, 0.15) is 5.56 Å². The van der Waals surface area contributed by atoms with Crippen molar-refractivity contribution in [2.45, 2.75) is 13.7 Å². The minimum absolute atomic E-state index is 0.499. The van der Waals surface area contributed by atoms with E-state index in [2.05, 4.69) is 31.2 Å². The topological polar surface area (TPSA) is 49.7 Å². The first-order chi connectivity index (χ1) is 15.0. The minimum atomic E-state index is -0.702. The van der Waals surface area contributed by atoms with Crippen molar-refractivity contribution in [3.8, 4) is 22.6 Å². The third-order valence-electron chi connectivity index (χ3n) is 5.41. The van der Waals surface area contributed by atoms with Crippen LogP contribution in [0.25, 0.3) is 11.1 Å². The van der Waals surface area contributed by atoms with Crippen molar-refractivity contribution in [3.63, 3.8) is 0 Å². The molecular formula is C26H24B2O3. The molecule has 0 aliphatic heterocycles. The minimum Gasteiger partial charge on any atom is -0.457 e. The number of ether oxygens (including phenoxy) is 1. The molecule has 0 radical (unpaired) electrons. The molecule has 2 N–H and O–H groups in total. The molecule has 0 saturated carbocycles. The van der Waals surface area contributed by atoms with Crippen LogP contribution in [0.5, 0.6) is 11.5 Å². The van der Waals surface area contributed by atoms with E-state index in [4.69, 9.17) is 4.74 Å². The Morgan fingerprint density at radius 2 is 0.935 bits per heavy atom. The van der Waals surface area contributed by atoms with E-state index in [9.17, 15) is 10.0 Å². The van der Waals surface area contributed by atoms with Gasteiger partial charge in [-0.2, -0.15) is 0 Å². The van der Waals surface area contributed by atoms with E-state index in [1.165, 1.54) is 5.56 Å². The van der Waals surface area contributed by atoms with Gasteiger partial charge in [-0.1, -0.05) is 85.2 Å². The van der Waals surface area contributed by atoms with E-state index in [-0.39, 0.29) is 0 Å². The molecule has 0 heterocycles. The summed E-state index contributed by atoms with van der Waals surface area (Å²) in [5, 5.41) is 20.4. The van der Waals surface area contributed by atoms with Crippen molar-refractivity contribution in [2.75, 3.05) is 0 Å². The number of benzene rings is 4. The predicted octanol–water partition coefficient (Wildman–Crippen LogP) is 3.37. The van der Waals surface area contributed by atoms with Crippen LogP contribution in [0.2, 0.25) is 6.82 Å². The second-order valence-corrected chi connectivity index (χ2v) is 7.81. The summed E-state index contributed by atoms with van der Waals surface area (Å²) in [5.74, 6) is 1.39. The number of aryl methyl sites for hydroxylation is 1. The van der Waals surface area contributed by atoms with Crippen LogP contribution >= 0.6 is 0 Å². The zero-order valence-corrected chi connectivity index (χ0v) is 17.7. The molecule has 0 aliphatic rings. The van der Waals surface area contributed by atoms with Crippen molar-refractivity contribution in [1.29, 1.82) is 0 Å². The maximum atomic E-state index is 10.8. The van der Waals surface area contributed by atoms with Gasteiger partial charge in [0, 0.05) is 0 Å². The number of rotatable bonds is 6. The quantitative estimate of drug-likeness (QED) is 0.483. The van der Waals surface area contributed by atoms with Gasteiger partial charge < -0.3 is 14.8 Å². The summed E-state index contributed by atoms with van der Waals surface area (Å²) in [6.07, 6.45) is 0. The van der Waals surface area contributed by atoms with Crippen LogP contribution in [0.15, 0.2) is 97.1 Å². The van der Waals surface area contributed by atoms with Crippen LogP contribution in [-0.2, 0) is 0 Å². The third kappa shape index (κ3) is 5.08. The molecule has 0 saturated heterocycles. The van der Waals surface area contributed by atoms with E-state index in [0.29, 0.717) is 11.5 Å². The lowest BCUT2D eigenvalue weighted by Gasteiger charge is -2.11. The molecule has 0 aliphatic carbocycles. The Hall–Kier alpha value is -3.27. The van der Waals surface area contributed by atoms with E-state index in [1.807, 2.05) is 72.8 Å².